The Morgan fingerprint density at radius 1 is 1.17 bits per heavy atom. The molecule has 0 spiro atoms. The number of benzene rings is 1. The summed E-state index contributed by atoms with van der Waals surface area (Å²) >= 11 is 0. The van der Waals surface area contributed by atoms with E-state index in [2.05, 4.69) is 0 Å². The maximum Gasteiger partial charge on any atom is 0.322 e. The van der Waals surface area contributed by atoms with Gasteiger partial charge in [0.05, 0.1) is 20.3 Å². The largest absolute Gasteiger partial charge is 0.497 e. The summed E-state index contributed by atoms with van der Waals surface area (Å²) in [6, 6.07) is 5.69. The van der Waals surface area contributed by atoms with E-state index in [0.29, 0.717) is 11.4 Å². The summed E-state index contributed by atoms with van der Waals surface area (Å²) in [5, 5.41) is 0. The van der Waals surface area contributed by atoms with Gasteiger partial charge in [-0.1, -0.05) is 0 Å². The number of hydrogen-bond acceptors (Lipinski definition) is 6. The van der Waals surface area contributed by atoms with Crippen molar-refractivity contribution in [3.05, 3.63) is 24.3 Å². The number of rotatable bonds is 3. The van der Waals surface area contributed by atoms with Crippen LogP contribution in [0.2, 0.25) is 0 Å². The highest BCUT2D eigenvalue weighted by Gasteiger charge is 2.66. The summed E-state index contributed by atoms with van der Waals surface area (Å²) in [5.41, 5.74) is -1.15. The van der Waals surface area contributed by atoms with Gasteiger partial charge in [0.1, 0.15) is 11.5 Å². The molecular formula is C17H17NO6. The first-order valence-corrected chi connectivity index (χ1v) is 7.58. The third-order valence-electron chi connectivity index (χ3n) is 4.82. The molecule has 0 bridgehead atoms. The van der Waals surface area contributed by atoms with Crippen molar-refractivity contribution in [2.75, 3.05) is 19.1 Å². The highest BCUT2D eigenvalue weighted by atomic mass is 16.5. The van der Waals surface area contributed by atoms with Gasteiger partial charge in [-0.05, 0) is 30.7 Å². The average Bonchev–Trinajstić information content (AvgIpc) is 2.82. The minimum absolute atomic E-state index is 0.000398. The fourth-order valence-corrected chi connectivity index (χ4v) is 3.57. The monoisotopic (exact) mass is 331 g/mol. The van der Waals surface area contributed by atoms with E-state index < -0.39 is 29.1 Å². The quantitative estimate of drug-likeness (QED) is 0.464. The molecule has 0 aromatic heterocycles. The lowest BCUT2D eigenvalue weighted by molar-refractivity contribution is -0.160. The van der Waals surface area contributed by atoms with E-state index in [1.54, 1.807) is 24.3 Å². The predicted octanol–water partition coefficient (Wildman–Crippen LogP) is 0.892. The van der Waals surface area contributed by atoms with Crippen LogP contribution < -0.4 is 9.64 Å². The second kappa shape index (κ2) is 5.74. The van der Waals surface area contributed by atoms with E-state index in [-0.39, 0.29) is 25.0 Å². The molecule has 2 aliphatic rings. The normalized spacial score (nSPS) is 26.3. The number of amides is 1. The Bertz CT molecular complexity index is 725. The Balaban J connectivity index is 2.09. The lowest BCUT2D eigenvalue weighted by Crippen LogP contribution is -2.52. The molecular weight excluding hydrogens is 314 g/mol. The molecule has 1 aromatic rings. The SMILES string of the molecule is COC(=O)[C@]12CCC(=O)C[C@H]1N(c1ccc(OC)cc1)C(=O)C2=O. The van der Waals surface area contributed by atoms with E-state index in [1.165, 1.54) is 19.1 Å². The van der Waals surface area contributed by atoms with Crippen molar-refractivity contribution in [2.45, 2.75) is 25.3 Å². The summed E-state index contributed by atoms with van der Waals surface area (Å²) in [6.45, 7) is 0. The second-order valence-electron chi connectivity index (χ2n) is 5.92. The first-order chi connectivity index (χ1) is 11.5. The fraction of sp³-hybridized carbons (Fsp3) is 0.412. The Hall–Kier alpha value is -2.70. The zero-order valence-corrected chi connectivity index (χ0v) is 13.4. The number of hydrogen-bond donors (Lipinski definition) is 0. The molecule has 2 fully saturated rings. The van der Waals surface area contributed by atoms with E-state index >= 15 is 0 Å². The Morgan fingerprint density at radius 3 is 2.42 bits per heavy atom. The van der Waals surface area contributed by atoms with Gasteiger partial charge in [-0.25, -0.2) is 0 Å². The zero-order chi connectivity index (χ0) is 17.5. The Morgan fingerprint density at radius 2 is 1.83 bits per heavy atom. The molecule has 3 rings (SSSR count). The molecule has 1 aliphatic heterocycles. The number of Topliss-reactive ketones (excluding diaryl/α,β-unsaturated/α-hetero) is 2. The predicted molar refractivity (Wildman–Crippen MR) is 82.6 cm³/mol. The number of carbonyl (C=O) groups excluding carboxylic acids is 4. The number of ketones is 2. The van der Waals surface area contributed by atoms with E-state index in [0.717, 1.165) is 0 Å². The average molecular weight is 331 g/mol. The van der Waals surface area contributed by atoms with Crippen LogP contribution in [-0.2, 0) is 23.9 Å². The molecule has 126 valence electrons. The van der Waals surface area contributed by atoms with Crippen molar-refractivity contribution >= 4 is 29.1 Å². The first kappa shape index (κ1) is 16.2. The number of ether oxygens (including phenoxy) is 2. The van der Waals surface area contributed by atoms with Gasteiger partial charge in [0.25, 0.3) is 5.91 Å². The molecule has 1 saturated heterocycles. The number of fused-ring (bicyclic) bond motifs is 1. The van der Waals surface area contributed by atoms with Crippen molar-refractivity contribution in [3.63, 3.8) is 0 Å². The minimum atomic E-state index is -1.60. The smallest absolute Gasteiger partial charge is 0.322 e. The Labute approximate surface area is 138 Å². The van der Waals surface area contributed by atoms with Gasteiger partial charge in [-0.3, -0.25) is 19.2 Å². The third kappa shape index (κ3) is 2.11. The number of nitrogens with zero attached hydrogens (tertiary/aromatic N) is 1. The van der Waals surface area contributed by atoms with Crippen molar-refractivity contribution in [2.24, 2.45) is 5.41 Å². The fourth-order valence-electron chi connectivity index (χ4n) is 3.57. The molecule has 0 radical (unpaired) electrons. The van der Waals surface area contributed by atoms with Crippen LogP contribution in [0.4, 0.5) is 5.69 Å². The lowest BCUT2D eigenvalue weighted by Gasteiger charge is -2.36. The maximum absolute atomic E-state index is 12.6. The molecule has 24 heavy (non-hydrogen) atoms. The van der Waals surface area contributed by atoms with Gasteiger partial charge in [-0.2, -0.15) is 0 Å². The van der Waals surface area contributed by atoms with Gasteiger partial charge >= 0.3 is 5.97 Å². The standard InChI is InChI=1S/C17H17NO6/c1-23-12-5-3-10(4-6-12)18-13-9-11(19)7-8-17(13,16(22)24-2)14(20)15(18)21/h3-6,13H,7-9H2,1-2H3/t13-,17-/m1/s1. The van der Waals surface area contributed by atoms with E-state index in [4.69, 9.17) is 9.47 Å². The Kier molecular flexibility index (Phi) is 3.87. The summed E-state index contributed by atoms with van der Waals surface area (Å²) in [6.07, 6.45) is 0.0417. The minimum Gasteiger partial charge on any atom is -0.497 e. The molecule has 0 unspecified atom stereocenters. The summed E-state index contributed by atoms with van der Waals surface area (Å²) < 4.78 is 9.88. The number of anilines is 1. The van der Waals surface area contributed by atoms with Crippen LogP contribution in [0.1, 0.15) is 19.3 Å². The molecule has 7 heteroatoms. The highest BCUT2D eigenvalue weighted by Crippen LogP contribution is 2.47. The highest BCUT2D eigenvalue weighted by molar-refractivity contribution is 6.49. The molecule has 1 heterocycles. The molecule has 1 aliphatic carbocycles. The molecule has 2 atom stereocenters. The second-order valence-corrected chi connectivity index (χ2v) is 5.92. The third-order valence-corrected chi connectivity index (χ3v) is 4.82. The molecule has 7 nitrogen and oxygen atoms in total. The molecule has 1 amide bonds. The van der Waals surface area contributed by atoms with Gasteiger partial charge in [0.2, 0.25) is 5.78 Å². The van der Waals surface area contributed by atoms with Gasteiger partial charge in [0, 0.05) is 18.5 Å². The summed E-state index contributed by atoms with van der Waals surface area (Å²) in [7, 11) is 2.69. The van der Waals surface area contributed by atoms with Gasteiger partial charge < -0.3 is 14.4 Å². The van der Waals surface area contributed by atoms with Crippen molar-refractivity contribution < 1.29 is 28.7 Å². The zero-order valence-electron chi connectivity index (χ0n) is 13.4. The lowest BCUT2D eigenvalue weighted by atomic mass is 9.69. The summed E-state index contributed by atoms with van der Waals surface area (Å²) in [5.74, 6) is -1.83. The maximum atomic E-state index is 12.6. The van der Waals surface area contributed by atoms with Crippen LogP contribution in [0.25, 0.3) is 0 Å². The van der Waals surface area contributed by atoms with Crippen molar-refractivity contribution in [3.8, 4) is 5.75 Å². The molecule has 1 aromatic carbocycles. The van der Waals surface area contributed by atoms with Crippen LogP contribution in [0.5, 0.6) is 5.75 Å². The van der Waals surface area contributed by atoms with Crippen LogP contribution in [0.15, 0.2) is 24.3 Å². The van der Waals surface area contributed by atoms with Gasteiger partial charge in [-0.15, -0.1) is 0 Å². The van der Waals surface area contributed by atoms with Crippen LogP contribution in [-0.4, -0.2) is 43.7 Å². The molecule has 0 N–H and O–H groups in total. The van der Waals surface area contributed by atoms with E-state index in [9.17, 15) is 19.2 Å². The first-order valence-electron chi connectivity index (χ1n) is 7.58. The van der Waals surface area contributed by atoms with Crippen molar-refractivity contribution in [1.29, 1.82) is 0 Å². The van der Waals surface area contributed by atoms with Crippen LogP contribution in [0.3, 0.4) is 0 Å². The number of carbonyl (C=O) groups is 4. The molecule has 1 saturated carbocycles. The number of esters is 1. The van der Waals surface area contributed by atoms with Crippen molar-refractivity contribution in [1.82, 2.24) is 0 Å². The summed E-state index contributed by atoms with van der Waals surface area (Å²) in [4.78, 5) is 50.8. The van der Waals surface area contributed by atoms with Gasteiger partial charge in [0.15, 0.2) is 5.41 Å². The topological polar surface area (TPSA) is 90.0 Å². The number of methoxy groups -OCH3 is 2. The van der Waals surface area contributed by atoms with E-state index in [1.807, 2.05) is 0 Å². The van der Waals surface area contributed by atoms with Crippen LogP contribution >= 0.6 is 0 Å². The van der Waals surface area contributed by atoms with Crippen LogP contribution in [0, 0.1) is 5.41 Å².